The molecule has 1 rings (SSSR count). The molecule has 0 saturated heterocycles. The molecule has 0 bridgehead atoms. The maximum absolute atomic E-state index is 12.0. The van der Waals surface area contributed by atoms with E-state index < -0.39 is 12.1 Å². The second kappa shape index (κ2) is 5.11. The molecule has 2 N–H and O–H groups in total. The highest BCUT2D eigenvalue weighted by molar-refractivity contribution is 5.71. The Morgan fingerprint density at radius 3 is 2.39 bits per heavy atom. The molecule has 18 heavy (non-hydrogen) atoms. The maximum Gasteiger partial charge on any atom is 0.573 e. The molecule has 0 aliphatic heterocycles. The van der Waals surface area contributed by atoms with Gasteiger partial charge >= 0.3 is 6.36 Å². The highest BCUT2D eigenvalue weighted by Crippen LogP contribution is 2.27. The Kier molecular flexibility index (Phi) is 3.80. The molecule has 0 aliphatic carbocycles. The van der Waals surface area contributed by atoms with Crippen molar-refractivity contribution in [3.05, 3.63) is 29.3 Å². The molecule has 1 aromatic rings. The largest absolute Gasteiger partial charge is 0.573 e. The number of rotatable bonds is 2. The zero-order valence-electron chi connectivity index (χ0n) is 8.82. The Labute approximate surface area is 100 Å². The summed E-state index contributed by atoms with van der Waals surface area (Å²) in [5, 5.41) is 17.1. The van der Waals surface area contributed by atoms with E-state index >= 15 is 0 Å². The molecule has 4 nitrogen and oxygen atoms in total. The quantitative estimate of drug-likeness (QED) is 0.648. The van der Waals surface area contributed by atoms with Crippen LogP contribution < -0.4 is 10.5 Å². The molecule has 0 radical (unpaired) electrons. The molecule has 0 aromatic heterocycles. The molecule has 0 atom stereocenters. The predicted molar refractivity (Wildman–Crippen MR) is 56.7 cm³/mol. The molecule has 92 valence electrons. The van der Waals surface area contributed by atoms with E-state index in [1.807, 2.05) is 0 Å². The Morgan fingerprint density at radius 1 is 1.28 bits per heavy atom. The molecule has 0 unspecified atom stereocenters. The monoisotopic (exact) mass is 253 g/mol. The van der Waals surface area contributed by atoms with Gasteiger partial charge in [-0.25, -0.2) is 0 Å². The number of hydrogen-bond acceptors (Lipinski definition) is 4. The van der Waals surface area contributed by atoms with Gasteiger partial charge in [-0.05, 0) is 24.3 Å². The third kappa shape index (κ3) is 3.72. The van der Waals surface area contributed by atoms with Crippen LogP contribution in [0.2, 0.25) is 0 Å². The zero-order valence-corrected chi connectivity index (χ0v) is 8.82. The molecule has 0 aliphatic rings. The highest BCUT2D eigenvalue weighted by Gasteiger charge is 2.31. The van der Waals surface area contributed by atoms with Gasteiger partial charge in [-0.15, -0.1) is 13.2 Å². The van der Waals surface area contributed by atoms with Crippen LogP contribution in [0.4, 0.5) is 18.9 Å². The first kappa shape index (κ1) is 13.4. The molecular weight excluding hydrogens is 247 g/mol. The van der Waals surface area contributed by atoms with Crippen molar-refractivity contribution in [1.29, 1.82) is 10.5 Å². The van der Waals surface area contributed by atoms with Gasteiger partial charge in [0.2, 0.25) is 0 Å². The fraction of sp³-hybridized carbons (Fsp3) is 0.0909. The number of allylic oxidation sites excluding steroid dienone is 1. The number of nitrogens with two attached hydrogens (primary N) is 1. The Hall–Kier alpha value is -2.67. The molecule has 1 aromatic carbocycles. The minimum absolute atomic E-state index is 0.106. The van der Waals surface area contributed by atoms with Gasteiger partial charge in [0.25, 0.3) is 0 Å². The van der Waals surface area contributed by atoms with Crippen molar-refractivity contribution in [2.24, 2.45) is 0 Å². The van der Waals surface area contributed by atoms with E-state index in [1.54, 1.807) is 12.1 Å². The van der Waals surface area contributed by atoms with Crippen LogP contribution >= 0.6 is 0 Å². The number of nitrogen functional groups attached to an aromatic ring is 1. The van der Waals surface area contributed by atoms with Crippen molar-refractivity contribution in [2.75, 3.05) is 5.73 Å². The Balaban J connectivity index is 3.15. The molecular formula is C11H6F3N3O. The van der Waals surface area contributed by atoms with Crippen LogP contribution in [0.15, 0.2) is 23.8 Å². The third-order valence-corrected chi connectivity index (χ3v) is 1.83. The molecule has 0 saturated carbocycles. The standard InChI is InChI=1S/C11H6F3N3O/c12-11(13,14)18-9-1-2-10(17)8(4-9)3-7(5-15)6-16/h1-4H,17H2. The van der Waals surface area contributed by atoms with Crippen LogP contribution in [0, 0.1) is 22.7 Å². The van der Waals surface area contributed by atoms with Gasteiger partial charge < -0.3 is 10.5 Å². The van der Waals surface area contributed by atoms with Crippen LogP contribution in [0.3, 0.4) is 0 Å². The number of hydrogen-bond donors (Lipinski definition) is 1. The summed E-state index contributed by atoms with van der Waals surface area (Å²) < 4.78 is 39.7. The van der Waals surface area contributed by atoms with Gasteiger partial charge in [-0.2, -0.15) is 10.5 Å². The molecule has 0 heterocycles. The summed E-state index contributed by atoms with van der Waals surface area (Å²) in [6, 6.07) is 6.38. The minimum atomic E-state index is -4.82. The fourth-order valence-electron chi connectivity index (χ4n) is 1.12. The van der Waals surface area contributed by atoms with Crippen molar-refractivity contribution in [2.45, 2.75) is 6.36 Å². The number of benzene rings is 1. The van der Waals surface area contributed by atoms with E-state index in [4.69, 9.17) is 16.3 Å². The van der Waals surface area contributed by atoms with Crippen molar-refractivity contribution in [3.8, 4) is 17.9 Å². The van der Waals surface area contributed by atoms with E-state index in [2.05, 4.69) is 4.74 Å². The van der Waals surface area contributed by atoms with E-state index in [9.17, 15) is 13.2 Å². The zero-order chi connectivity index (χ0) is 13.8. The third-order valence-electron chi connectivity index (χ3n) is 1.83. The SMILES string of the molecule is N#CC(C#N)=Cc1cc(OC(F)(F)F)ccc1N. The van der Waals surface area contributed by atoms with Crippen LogP contribution in [0.5, 0.6) is 5.75 Å². The smallest absolute Gasteiger partial charge is 0.406 e. The van der Waals surface area contributed by atoms with Gasteiger partial charge in [0.05, 0.1) is 0 Å². The number of nitrogens with zero attached hydrogens (tertiary/aromatic N) is 2. The Bertz CT molecular complexity index is 548. The average Bonchev–Trinajstić information content (AvgIpc) is 2.28. The second-order valence-corrected chi connectivity index (χ2v) is 3.12. The lowest BCUT2D eigenvalue weighted by molar-refractivity contribution is -0.274. The summed E-state index contributed by atoms with van der Waals surface area (Å²) in [7, 11) is 0. The summed E-state index contributed by atoms with van der Waals surface area (Å²) >= 11 is 0. The van der Waals surface area contributed by atoms with Crippen LogP contribution in [0.1, 0.15) is 5.56 Å². The van der Waals surface area contributed by atoms with Crippen molar-refractivity contribution in [1.82, 2.24) is 0 Å². The van der Waals surface area contributed by atoms with Crippen LogP contribution in [-0.2, 0) is 0 Å². The lowest BCUT2D eigenvalue weighted by atomic mass is 10.1. The van der Waals surface area contributed by atoms with Crippen molar-refractivity contribution >= 4 is 11.8 Å². The summed E-state index contributed by atoms with van der Waals surface area (Å²) in [4.78, 5) is 0. The lowest BCUT2D eigenvalue weighted by Crippen LogP contribution is -2.17. The number of halogens is 3. The fourth-order valence-corrected chi connectivity index (χ4v) is 1.12. The first-order chi connectivity index (χ1) is 8.35. The first-order valence-electron chi connectivity index (χ1n) is 4.53. The normalized spacial score (nSPS) is 10.1. The summed E-state index contributed by atoms with van der Waals surface area (Å²) in [6.45, 7) is 0. The van der Waals surface area contributed by atoms with Gasteiger partial charge in [-0.1, -0.05) is 0 Å². The number of alkyl halides is 3. The predicted octanol–water partition coefficient (Wildman–Crippen LogP) is 2.60. The van der Waals surface area contributed by atoms with E-state index in [0.717, 1.165) is 18.2 Å². The molecule has 0 amide bonds. The number of nitriles is 2. The highest BCUT2D eigenvalue weighted by atomic mass is 19.4. The van der Waals surface area contributed by atoms with Gasteiger partial charge in [0.15, 0.2) is 0 Å². The molecule has 7 heteroatoms. The minimum Gasteiger partial charge on any atom is -0.406 e. The molecule has 0 spiro atoms. The van der Waals surface area contributed by atoms with Gasteiger partial charge in [0, 0.05) is 11.3 Å². The second-order valence-electron chi connectivity index (χ2n) is 3.12. The van der Waals surface area contributed by atoms with Crippen LogP contribution in [0.25, 0.3) is 6.08 Å². The van der Waals surface area contributed by atoms with Crippen LogP contribution in [-0.4, -0.2) is 6.36 Å². The van der Waals surface area contributed by atoms with E-state index in [-0.39, 0.29) is 16.8 Å². The van der Waals surface area contributed by atoms with Crippen molar-refractivity contribution in [3.63, 3.8) is 0 Å². The number of anilines is 1. The van der Waals surface area contributed by atoms with Gasteiger partial charge in [-0.3, -0.25) is 0 Å². The summed E-state index contributed by atoms with van der Waals surface area (Å²) in [5.74, 6) is -0.474. The number of ether oxygens (including phenoxy) is 1. The van der Waals surface area contributed by atoms with Gasteiger partial charge in [0.1, 0.15) is 23.5 Å². The van der Waals surface area contributed by atoms with E-state index in [1.165, 1.54) is 6.07 Å². The Morgan fingerprint density at radius 2 is 1.89 bits per heavy atom. The topological polar surface area (TPSA) is 82.8 Å². The first-order valence-corrected chi connectivity index (χ1v) is 4.53. The lowest BCUT2D eigenvalue weighted by Gasteiger charge is -2.10. The maximum atomic E-state index is 12.0. The summed E-state index contributed by atoms with van der Waals surface area (Å²) in [5.41, 5.74) is 5.48. The average molecular weight is 253 g/mol. The van der Waals surface area contributed by atoms with Crippen molar-refractivity contribution < 1.29 is 17.9 Å². The summed E-state index contributed by atoms with van der Waals surface area (Å²) in [6.07, 6.45) is -3.73. The molecule has 0 fully saturated rings. The van der Waals surface area contributed by atoms with E-state index in [0.29, 0.717) is 0 Å².